The van der Waals surface area contributed by atoms with Gasteiger partial charge in [-0.3, -0.25) is 0 Å². The van der Waals surface area contributed by atoms with Crippen molar-refractivity contribution in [3.63, 3.8) is 0 Å². The van der Waals surface area contributed by atoms with E-state index in [0.717, 1.165) is 0 Å². The van der Waals surface area contributed by atoms with Crippen LogP contribution in [0.5, 0.6) is 0 Å². The van der Waals surface area contributed by atoms with Crippen LogP contribution in [-0.4, -0.2) is 5.97 Å². The van der Waals surface area contributed by atoms with Gasteiger partial charge in [-0.05, 0) is 11.4 Å². The summed E-state index contributed by atoms with van der Waals surface area (Å²) in [6.07, 6.45) is 0. The summed E-state index contributed by atoms with van der Waals surface area (Å²) < 4.78 is 0. The summed E-state index contributed by atoms with van der Waals surface area (Å²) in [4.78, 5) is 10.2. The van der Waals surface area contributed by atoms with Crippen molar-refractivity contribution in [2.24, 2.45) is 0 Å². The molecule has 1 rings (SSSR count). The van der Waals surface area contributed by atoms with E-state index in [4.69, 9.17) is 0 Å². The van der Waals surface area contributed by atoms with Crippen LogP contribution in [0.25, 0.3) is 0 Å². The Kier molecular flexibility index (Phi) is 5.01. The van der Waals surface area contributed by atoms with Crippen LogP contribution in [0.4, 0.5) is 0 Å². The first-order chi connectivity index (χ1) is 3.80. The zero-order chi connectivity index (χ0) is 5.98. The van der Waals surface area contributed by atoms with Gasteiger partial charge in [-0.2, -0.15) is 0 Å². The Labute approximate surface area is 99.3 Å². The molecular weight excluding hydrogens is 163 g/mol. The van der Waals surface area contributed by atoms with Crippen molar-refractivity contribution in [1.82, 2.24) is 0 Å². The first-order valence-electron chi connectivity index (χ1n) is 2.05. The zero-order valence-corrected chi connectivity index (χ0v) is 8.90. The summed E-state index contributed by atoms with van der Waals surface area (Å²) in [5, 5.41) is 11.7. The van der Waals surface area contributed by atoms with Crippen LogP contribution in [-0.2, 0) is 0 Å². The van der Waals surface area contributed by atoms with Crippen LogP contribution in [0.15, 0.2) is 17.5 Å². The quantitative estimate of drug-likeness (QED) is 0.420. The molecular formula is C5H3KO2S. The third kappa shape index (κ3) is 2.93. The van der Waals surface area contributed by atoms with Crippen LogP contribution >= 0.6 is 11.3 Å². The normalized spacial score (nSPS) is 8.00. The summed E-state index contributed by atoms with van der Waals surface area (Å²) in [6.45, 7) is 0. The molecule has 2 nitrogen and oxygen atoms in total. The number of carbonyl (C=O) groups is 1. The number of carboxylic acid groups (broad SMARTS) is 1. The van der Waals surface area contributed by atoms with Gasteiger partial charge in [0.25, 0.3) is 0 Å². The van der Waals surface area contributed by atoms with Crippen LogP contribution in [0.2, 0.25) is 0 Å². The molecule has 0 aliphatic carbocycles. The smallest absolute Gasteiger partial charge is 0.544 e. The molecule has 0 N–H and O–H groups in total. The first-order valence-corrected chi connectivity index (χ1v) is 2.93. The van der Waals surface area contributed by atoms with E-state index in [1.165, 1.54) is 17.4 Å². The fraction of sp³-hybridized carbons (Fsp3) is 0. The maximum Gasteiger partial charge on any atom is 1.00 e. The molecule has 0 bridgehead atoms. The molecule has 9 heavy (non-hydrogen) atoms. The summed E-state index contributed by atoms with van der Waals surface area (Å²) in [5.41, 5.74) is 0. The van der Waals surface area contributed by atoms with Crippen LogP contribution in [0, 0.1) is 0 Å². The van der Waals surface area contributed by atoms with Crippen molar-refractivity contribution >= 4 is 17.3 Å². The van der Waals surface area contributed by atoms with E-state index in [1.807, 2.05) is 0 Å². The molecule has 0 atom stereocenters. The van der Waals surface area contributed by atoms with E-state index in [1.54, 1.807) is 11.4 Å². The third-order valence-corrected chi connectivity index (χ3v) is 1.57. The first kappa shape index (κ1) is 9.81. The van der Waals surface area contributed by atoms with Crippen LogP contribution in [0.3, 0.4) is 0 Å². The van der Waals surface area contributed by atoms with Gasteiger partial charge in [-0.1, -0.05) is 6.07 Å². The topological polar surface area (TPSA) is 40.1 Å². The largest absolute Gasteiger partial charge is 1.00 e. The van der Waals surface area contributed by atoms with Crippen molar-refractivity contribution in [2.45, 2.75) is 0 Å². The fourth-order valence-corrected chi connectivity index (χ4v) is 0.952. The average molecular weight is 166 g/mol. The fourth-order valence-electron chi connectivity index (χ4n) is 0.395. The monoisotopic (exact) mass is 166 g/mol. The maximum atomic E-state index is 9.96. The Morgan fingerprint density at radius 2 is 2.33 bits per heavy atom. The number of hydrogen-bond donors (Lipinski definition) is 0. The number of hydrogen-bond acceptors (Lipinski definition) is 3. The van der Waals surface area contributed by atoms with Crippen LogP contribution < -0.4 is 56.5 Å². The Morgan fingerprint density at radius 3 is 2.56 bits per heavy atom. The van der Waals surface area contributed by atoms with E-state index < -0.39 is 5.97 Å². The molecule has 0 aliphatic rings. The SMILES string of the molecule is O=C([O-])c1cccs1.[K+]. The second-order valence-corrected chi connectivity index (χ2v) is 2.21. The molecule has 1 aromatic heterocycles. The zero-order valence-electron chi connectivity index (χ0n) is 4.96. The number of carboxylic acids is 1. The number of rotatable bonds is 1. The number of carbonyl (C=O) groups excluding carboxylic acids is 1. The summed E-state index contributed by atoms with van der Waals surface area (Å²) in [5.74, 6) is -1.10. The van der Waals surface area contributed by atoms with Crippen molar-refractivity contribution in [3.8, 4) is 0 Å². The molecule has 1 aromatic rings. The predicted molar refractivity (Wildman–Crippen MR) is 28.6 cm³/mol. The summed E-state index contributed by atoms with van der Waals surface area (Å²) in [7, 11) is 0. The average Bonchev–Trinajstić information content (AvgIpc) is 2.12. The maximum absolute atomic E-state index is 9.96. The van der Waals surface area contributed by atoms with Crippen molar-refractivity contribution in [2.75, 3.05) is 0 Å². The predicted octanol–water partition coefficient (Wildman–Crippen LogP) is -2.88. The van der Waals surface area contributed by atoms with E-state index in [9.17, 15) is 9.90 Å². The summed E-state index contributed by atoms with van der Waals surface area (Å²) >= 11 is 1.17. The van der Waals surface area contributed by atoms with Crippen molar-refractivity contribution in [3.05, 3.63) is 22.4 Å². The van der Waals surface area contributed by atoms with Gasteiger partial charge in [0, 0.05) is 4.88 Å². The van der Waals surface area contributed by atoms with Crippen LogP contribution in [0.1, 0.15) is 9.67 Å². The van der Waals surface area contributed by atoms with E-state index in [-0.39, 0.29) is 56.3 Å². The van der Waals surface area contributed by atoms with E-state index >= 15 is 0 Å². The minimum atomic E-state index is -1.10. The van der Waals surface area contributed by atoms with Gasteiger partial charge >= 0.3 is 51.4 Å². The molecule has 0 unspecified atom stereocenters. The van der Waals surface area contributed by atoms with Crippen molar-refractivity contribution in [1.29, 1.82) is 0 Å². The number of thiophene rings is 1. The third-order valence-electron chi connectivity index (χ3n) is 0.722. The van der Waals surface area contributed by atoms with E-state index in [0.29, 0.717) is 0 Å². The Morgan fingerprint density at radius 1 is 1.67 bits per heavy atom. The standard InChI is InChI=1S/C5H4O2S.K/c6-5(7)4-2-1-3-8-4;/h1-3H,(H,6,7);/q;+1/p-1. The second-order valence-electron chi connectivity index (χ2n) is 1.26. The molecule has 0 fully saturated rings. The number of aromatic carboxylic acids is 1. The second kappa shape index (κ2) is 4.60. The minimum Gasteiger partial charge on any atom is -0.544 e. The van der Waals surface area contributed by atoms with Gasteiger partial charge in [0.05, 0.1) is 5.97 Å². The minimum absolute atomic E-state index is 0. The molecule has 0 spiro atoms. The summed E-state index contributed by atoms with van der Waals surface area (Å²) in [6, 6.07) is 3.19. The molecule has 42 valence electrons. The van der Waals surface area contributed by atoms with Gasteiger partial charge in [0.2, 0.25) is 0 Å². The van der Waals surface area contributed by atoms with Gasteiger partial charge in [-0.25, -0.2) is 0 Å². The van der Waals surface area contributed by atoms with Crippen molar-refractivity contribution < 1.29 is 61.3 Å². The molecule has 0 aliphatic heterocycles. The van der Waals surface area contributed by atoms with E-state index in [2.05, 4.69) is 0 Å². The molecule has 0 aromatic carbocycles. The molecule has 0 saturated heterocycles. The van der Waals surface area contributed by atoms with Gasteiger partial charge in [-0.15, -0.1) is 11.3 Å². The molecule has 0 saturated carbocycles. The molecule has 0 amide bonds. The molecule has 0 radical (unpaired) electrons. The molecule has 1 heterocycles. The van der Waals surface area contributed by atoms with Gasteiger partial charge in [0.1, 0.15) is 0 Å². The Hall–Kier alpha value is 0.806. The molecule has 4 heteroatoms. The Balaban J connectivity index is 0.000000640. The van der Waals surface area contributed by atoms with Gasteiger partial charge in [0.15, 0.2) is 0 Å². The van der Waals surface area contributed by atoms with Gasteiger partial charge < -0.3 is 9.90 Å². The Bertz CT molecular complexity index is 183.